The second kappa shape index (κ2) is 8.11. The van der Waals surface area contributed by atoms with Crippen molar-refractivity contribution in [1.82, 2.24) is 19.2 Å². The van der Waals surface area contributed by atoms with Crippen LogP contribution in [0.5, 0.6) is 0 Å². The van der Waals surface area contributed by atoms with E-state index < -0.39 is 0 Å². The van der Waals surface area contributed by atoms with E-state index in [4.69, 9.17) is 4.98 Å². The normalized spacial score (nSPS) is 23.1. The molecule has 0 aromatic carbocycles. The fourth-order valence-corrected chi connectivity index (χ4v) is 4.67. The number of hydrogen-bond donors (Lipinski definition) is 0. The zero-order valence-corrected chi connectivity index (χ0v) is 16.7. The van der Waals surface area contributed by atoms with Gasteiger partial charge in [0.1, 0.15) is 5.65 Å². The Hall–Kier alpha value is -1.72. The van der Waals surface area contributed by atoms with Crippen molar-refractivity contribution >= 4 is 5.65 Å². The van der Waals surface area contributed by atoms with Gasteiger partial charge in [0.2, 0.25) is 0 Å². The Kier molecular flexibility index (Phi) is 5.60. The summed E-state index contributed by atoms with van der Waals surface area (Å²) in [4.78, 5) is 22.4. The first kappa shape index (κ1) is 18.6. The molecule has 0 saturated carbocycles. The first-order chi connectivity index (χ1) is 13.1. The Morgan fingerprint density at radius 2 is 1.96 bits per heavy atom. The highest BCUT2D eigenvalue weighted by atomic mass is 16.1. The molecular weight excluding hydrogens is 336 g/mol. The lowest BCUT2D eigenvalue weighted by Gasteiger charge is -2.37. The monoisotopic (exact) mass is 368 g/mol. The second-order valence-electron chi connectivity index (χ2n) is 8.70. The fourth-order valence-electron chi connectivity index (χ4n) is 4.67. The highest BCUT2D eigenvalue weighted by Gasteiger charge is 2.24. The van der Waals surface area contributed by atoms with Crippen LogP contribution in [-0.2, 0) is 6.54 Å². The molecule has 2 aliphatic heterocycles. The van der Waals surface area contributed by atoms with Crippen molar-refractivity contribution < 1.29 is 0 Å². The summed E-state index contributed by atoms with van der Waals surface area (Å²) in [6.45, 7) is 11.2. The van der Waals surface area contributed by atoms with Crippen molar-refractivity contribution in [2.45, 2.75) is 46.1 Å². The van der Waals surface area contributed by atoms with E-state index >= 15 is 0 Å². The van der Waals surface area contributed by atoms with Crippen molar-refractivity contribution in [2.75, 3.05) is 32.7 Å². The maximum absolute atomic E-state index is 12.4. The van der Waals surface area contributed by atoms with Crippen LogP contribution in [0.4, 0.5) is 0 Å². The van der Waals surface area contributed by atoms with Gasteiger partial charge in [-0.25, -0.2) is 4.98 Å². The van der Waals surface area contributed by atoms with Gasteiger partial charge in [-0.15, -0.1) is 0 Å². The van der Waals surface area contributed by atoms with Crippen LogP contribution in [-0.4, -0.2) is 51.9 Å². The fraction of sp³-hybridized carbons (Fsp3) is 0.636. The SMILES string of the molecule is Cc1cccn2c(=O)cc(CN3CCCC(CN4CCC(C)CC4)C3)nc12. The predicted molar refractivity (Wildman–Crippen MR) is 109 cm³/mol. The number of aryl methyl sites for hydroxylation is 1. The number of fused-ring (bicyclic) bond motifs is 1. The van der Waals surface area contributed by atoms with Crippen LogP contribution in [0, 0.1) is 18.8 Å². The molecule has 0 spiro atoms. The van der Waals surface area contributed by atoms with E-state index in [0.29, 0.717) is 0 Å². The molecule has 0 radical (unpaired) electrons. The molecule has 0 bridgehead atoms. The first-order valence-electron chi connectivity index (χ1n) is 10.5. The van der Waals surface area contributed by atoms with E-state index in [-0.39, 0.29) is 5.56 Å². The molecule has 5 nitrogen and oxygen atoms in total. The Balaban J connectivity index is 1.41. The van der Waals surface area contributed by atoms with Gasteiger partial charge in [0, 0.05) is 31.9 Å². The number of likely N-dealkylation sites (tertiary alicyclic amines) is 2. The minimum atomic E-state index is 0.0229. The Morgan fingerprint density at radius 3 is 2.78 bits per heavy atom. The quantitative estimate of drug-likeness (QED) is 0.832. The molecule has 2 aliphatic rings. The minimum absolute atomic E-state index is 0.0229. The van der Waals surface area contributed by atoms with Crippen LogP contribution in [0.15, 0.2) is 29.2 Å². The van der Waals surface area contributed by atoms with Crippen molar-refractivity contribution in [3.63, 3.8) is 0 Å². The number of rotatable bonds is 4. The van der Waals surface area contributed by atoms with Crippen LogP contribution in [0.2, 0.25) is 0 Å². The van der Waals surface area contributed by atoms with Crippen molar-refractivity contribution in [3.8, 4) is 0 Å². The summed E-state index contributed by atoms with van der Waals surface area (Å²) >= 11 is 0. The molecule has 2 aromatic rings. The third-order valence-corrected chi connectivity index (χ3v) is 6.32. The lowest BCUT2D eigenvalue weighted by Crippen LogP contribution is -2.43. The van der Waals surface area contributed by atoms with Crippen LogP contribution in [0.3, 0.4) is 0 Å². The highest BCUT2D eigenvalue weighted by Crippen LogP contribution is 2.22. The summed E-state index contributed by atoms with van der Waals surface area (Å²) in [6.07, 6.45) is 7.08. The van der Waals surface area contributed by atoms with Gasteiger partial charge in [-0.05, 0) is 75.7 Å². The van der Waals surface area contributed by atoms with E-state index in [2.05, 4.69) is 16.7 Å². The smallest absolute Gasteiger partial charge is 0.258 e. The molecule has 5 heteroatoms. The molecule has 4 rings (SSSR count). The zero-order chi connectivity index (χ0) is 18.8. The summed E-state index contributed by atoms with van der Waals surface area (Å²) in [5, 5.41) is 0. The largest absolute Gasteiger partial charge is 0.303 e. The van der Waals surface area contributed by atoms with Gasteiger partial charge in [-0.2, -0.15) is 0 Å². The van der Waals surface area contributed by atoms with Crippen LogP contribution in [0.25, 0.3) is 5.65 Å². The molecule has 2 fully saturated rings. The van der Waals surface area contributed by atoms with Crippen LogP contribution in [0.1, 0.15) is 43.9 Å². The van der Waals surface area contributed by atoms with Gasteiger partial charge in [0.05, 0.1) is 5.69 Å². The van der Waals surface area contributed by atoms with Gasteiger partial charge in [-0.3, -0.25) is 14.1 Å². The Bertz CT molecular complexity index is 838. The van der Waals surface area contributed by atoms with Gasteiger partial charge in [0.15, 0.2) is 0 Å². The molecular formula is C22H32N4O. The molecule has 2 saturated heterocycles. The second-order valence-corrected chi connectivity index (χ2v) is 8.70. The molecule has 1 unspecified atom stereocenters. The molecule has 0 aliphatic carbocycles. The molecule has 27 heavy (non-hydrogen) atoms. The number of hydrogen-bond acceptors (Lipinski definition) is 4. The van der Waals surface area contributed by atoms with E-state index in [1.165, 1.54) is 45.3 Å². The summed E-state index contributed by atoms with van der Waals surface area (Å²) in [6, 6.07) is 5.63. The lowest BCUT2D eigenvalue weighted by molar-refractivity contribution is 0.108. The van der Waals surface area contributed by atoms with E-state index in [0.717, 1.165) is 48.4 Å². The zero-order valence-electron chi connectivity index (χ0n) is 16.7. The number of nitrogens with zero attached hydrogens (tertiary/aromatic N) is 4. The van der Waals surface area contributed by atoms with Gasteiger partial charge < -0.3 is 4.90 Å². The van der Waals surface area contributed by atoms with E-state index in [1.807, 2.05) is 19.1 Å². The average Bonchev–Trinajstić information content (AvgIpc) is 2.65. The third kappa shape index (κ3) is 4.41. The summed E-state index contributed by atoms with van der Waals surface area (Å²) in [7, 11) is 0. The van der Waals surface area contributed by atoms with Crippen LogP contribution < -0.4 is 5.56 Å². The number of aromatic nitrogens is 2. The standard InChI is InChI=1S/C22H32N4O/c1-17-7-11-24(12-8-17)14-19-6-4-9-25(15-19)16-20-13-21(27)26-10-3-5-18(2)22(26)23-20/h3,5,10,13,17,19H,4,6-9,11-12,14-16H2,1-2H3. The maximum atomic E-state index is 12.4. The van der Waals surface area contributed by atoms with Crippen molar-refractivity contribution in [1.29, 1.82) is 0 Å². The molecule has 146 valence electrons. The van der Waals surface area contributed by atoms with E-state index in [1.54, 1.807) is 16.7 Å². The Labute approximate surface area is 162 Å². The maximum Gasteiger partial charge on any atom is 0.258 e. The highest BCUT2D eigenvalue weighted by molar-refractivity contribution is 5.46. The molecule has 0 N–H and O–H groups in total. The van der Waals surface area contributed by atoms with Crippen molar-refractivity contribution in [2.24, 2.45) is 11.8 Å². The predicted octanol–water partition coefficient (Wildman–Crippen LogP) is 2.95. The molecule has 2 aromatic heterocycles. The summed E-state index contributed by atoms with van der Waals surface area (Å²) in [5.41, 5.74) is 2.76. The van der Waals surface area contributed by atoms with Gasteiger partial charge in [-0.1, -0.05) is 13.0 Å². The van der Waals surface area contributed by atoms with Gasteiger partial charge >= 0.3 is 0 Å². The summed E-state index contributed by atoms with van der Waals surface area (Å²) in [5.74, 6) is 1.64. The van der Waals surface area contributed by atoms with Crippen LogP contribution >= 0.6 is 0 Å². The minimum Gasteiger partial charge on any atom is -0.303 e. The number of piperidine rings is 2. The molecule has 1 atom stereocenters. The average molecular weight is 369 g/mol. The molecule has 4 heterocycles. The third-order valence-electron chi connectivity index (χ3n) is 6.32. The van der Waals surface area contributed by atoms with E-state index in [9.17, 15) is 4.79 Å². The Morgan fingerprint density at radius 1 is 1.15 bits per heavy atom. The first-order valence-corrected chi connectivity index (χ1v) is 10.5. The summed E-state index contributed by atoms with van der Waals surface area (Å²) < 4.78 is 1.65. The molecule has 0 amide bonds. The van der Waals surface area contributed by atoms with Gasteiger partial charge in [0.25, 0.3) is 5.56 Å². The lowest BCUT2D eigenvalue weighted by atomic mass is 9.94. The van der Waals surface area contributed by atoms with Crippen molar-refractivity contribution in [3.05, 3.63) is 46.0 Å². The topological polar surface area (TPSA) is 40.9 Å². The number of pyridine rings is 1.